The molecule has 2 N–H and O–H groups in total. The van der Waals surface area contributed by atoms with Gasteiger partial charge in [-0.15, -0.1) is 0 Å². The molecule has 0 radical (unpaired) electrons. The second-order valence-corrected chi connectivity index (χ2v) is 4.99. The van der Waals surface area contributed by atoms with Crippen molar-refractivity contribution in [3.8, 4) is 5.75 Å². The SMILES string of the molecule is C[C@@H](N)c1cc(Cl)ccc1OCCn1ccccc1=O. The highest BCUT2D eigenvalue weighted by molar-refractivity contribution is 6.30. The maximum Gasteiger partial charge on any atom is 0.250 e. The largest absolute Gasteiger partial charge is 0.491 e. The van der Waals surface area contributed by atoms with Gasteiger partial charge < -0.3 is 15.0 Å². The normalized spacial score (nSPS) is 12.2. The lowest BCUT2D eigenvalue weighted by Gasteiger charge is -2.14. The van der Waals surface area contributed by atoms with Crippen molar-refractivity contribution >= 4 is 11.6 Å². The molecule has 0 aliphatic carbocycles. The van der Waals surface area contributed by atoms with Crippen molar-refractivity contribution in [3.63, 3.8) is 0 Å². The van der Waals surface area contributed by atoms with E-state index in [1.807, 2.05) is 13.0 Å². The maximum atomic E-state index is 11.6. The van der Waals surface area contributed by atoms with Crippen LogP contribution in [0.25, 0.3) is 0 Å². The van der Waals surface area contributed by atoms with Crippen molar-refractivity contribution in [1.82, 2.24) is 4.57 Å². The molecule has 0 unspecified atom stereocenters. The first kappa shape index (κ1) is 14.6. The Bertz CT molecular complexity index is 638. The predicted molar refractivity (Wildman–Crippen MR) is 80.3 cm³/mol. The van der Waals surface area contributed by atoms with E-state index in [2.05, 4.69) is 0 Å². The standard InChI is InChI=1S/C15H17ClN2O2/c1-11(17)13-10-12(16)5-6-14(13)20-9-8-18-7-3-2-4-15(18)19/h2-7,10-11H,8-9,17H2,1H3/t11-/m1/s1. The molecule has 1 aromatic carbocycles. The molecule has 0 spiro atoms. The van der Waals surface area contributed by atoms with Crippen LogP contribution in [0.4, 0.5) is 0 Å². The van der Waals surface area contributed by atoms with Crippen molar-refractivity contribution in [2.75, 3.05) is 6.61 Å². The Morgan fingerprint density at radius 2 is 2.15 bits per heavy atom. The summed E-state index contributed by atoms with van der Waals surface area (Å²) >= 11 is 5.96. The molecule has 4 nitrogen and oxygen atoms in total. The Morgan fingerprint density at radius 1 is 1.35 bits per heavy atom. The fourth-order valence-electron chi connectivity index (χ4n) is 1.91. The third kappa shape index (κ3) is 3.62. The van der Waals surface area contributed by atoms with E-state index in [0.29, 0.717) is 23.9 Å². The third-order valence-corrected chi connectivity index (χ3v) is 3.19. The van der Waals surface area contributed by atoms with Gasteiger partial charge in [0.15, 0.2) is 0 Å². The smallest absolute Gasteiger partial charge is 0.250 e. The number of aromatic nitrogens is 1. The van der Waals surface area contributed by atoms with Crippen LogP contribution in [-0.4, -0.2) is 11.2 Å². The molecule has 0 aliphatic heterocycles. The minimum Gasteiger partial charge on any atom is -0.491 e. The van der Waals surface area contributed by atoms with Crippen molar-refractivity contribution in [2.45, 2.75) is 19.5 Å². The topological polar surface area (TPSA) is 57.2 Å². The first-order valence-corrected chi connectivity index (χ1v) is 6.79. The van der Waals surface area contributed by atoms with E-state index < -0.39 is 0 Å². The van der Waals surface area contributed by atoms with Gasteiger partial charge >= 0.3 is 0 Å². The maximum absolute atomic E-state index is 11.6. The van der Waals surface area contributed by atoms with Crippen molar-refractivity contribution in [1.29, 1.82) is 0 Å². The Hall–Kier alpha value is -1.78. The van der Waals surface area contributed by atoms with Crippen LogP contribution in [0.1, 0.15) is 18.5 Å². The van der Waals surface area contributed by atoms with Gasteiger partial charge in [0, 0.05) is 28.9 Å². The molecule has 1 atom stereocenters. The fraction of sp³-hybridized carbons (Fsp3) is 0.267. The van der Waals surface area contributed by atoms with E-state index in [1.54, 1.807) is 35.0 Å². The van der Waals surface area contributed by atoms with Crippen LogP contribution in [0, 0.1) is 0 Å². The molecular formula is C15H17ClN2O2. The monoisotopic (exact) mass is 292 g/mol. The number of nitrogens with zero attached hydrogens (tertiary/aromatic N) is 1. The van der Waals surface area contributed by atoms with E-state index in [1.165, 1.54) is 6.07 Å². The molecule has 0 fully saturated rings. The van der Waals surface area contributed by atoms with Gasteiger partial charge in [0.2, 0.25) is 0 Å². The van der Waals surface area contributed by atoms with Crippen molar-refractivity contribution in [2.24, 2.45) is 5.73 Å². The van der Waals surface area contributed by atoms with Crippen LogP contribution in [0.3, 0.4) is 0 Å². The molecule has 106 valence electrons. The molecule has 2 rings (SSSR count). The fourth-order valence-corrected chi connectivity index (χ4v) is 2.09. The van der Waals surface area contributed by atoms with E-state index in [-0.39, 0.29) is 11.6 Å². The molecule has 5 heteroatoms. The summed E-state index contributed by atoms with van der Waals surface area (Å²) in [6, 6.07) is 10.3. The summed E-state index contributed by atoms with van der Waals surface area (Å²) < 4.78 is 7.31. The van der Waals surface area contributed by atoms with E-state index in [4.69, 9.17) is 22.1 Å². The van der Waals surface area contributed by atoms with Gasteiger partial charge in [0.1, 0.15) is 12.4 Å². The Morgan fingerprint density at radius 3 is 2.85 bits per heavy atom. The van der Waals surface area contributed by atoms with E-state index in [9.17, 15) is 4.79 Å². The summed E-state index contributed by atoms with van der Waals surface area (Å²) in [6.45, 7) is 2.76. The highest BCUT2D eigenvalue weighted by Gasteiger charge is 2.09. The van der Waals surface area contributed by atoms with E-state index in [0.717, 1.165) is 5.56 Å². The van der Waals surface area contributed by atoms with Crippen LogP contribution >= 0.6 is 11.6 Å². The number of ether oxygens (including phenoxy) is 1. The molecule has 0 aliphatic rings. The van der Waals surface area contributed by atoms with Crippen LogP contribution in [-0.2, 0) is 6.54 Å². The van der Waals surface area contributed by atoms with Crippen LogP contribution in [0.15, 0.2) is 47.4 Å². The summed E-state index contributed by atoms with van der Waals surface area (Å²) in [5.41, 5.74) is 6.71. The number of pyridine rings is 1. The van der Waals surface area contributed by atoms with Crippen LogP contribution < -0.4 is 16.0 Å². The molecule has 20 heavy (non-hydrogen) atoms. The van der Waals surface area contributed by atoms with Crippen molar-refractivity contribution in [3.05, 3.63) is 63.5 Å². The molecule has 0 bridgehead atoms. The Balaban J connectivity index is 2.05. The molecule has 0 saturated carbocycles. The zero-order valence-electron chi connectivity index (χ0n) is 11.3. The van der Waals surface area contributed by atoms with Gasteiger partial charge in [-0.05, 0) is 31.2 Å². The number of nitrogens with two attached hydrogens (primary N) is 1. The number of hydrogen-bond donors (Lipinski definition) is 1. The summed E-state index contributed by atoms with van der Waals surface area (Å²) in [5.74, 6) is 0.702. The van der Waals surface area contributed by atoms with Crippen LogP contribution in [0.5, 0.6) is 5.75 Å². The number of hydrogen-bond acceptors (Lipinski definition) is 3. The van der Waals surface area contributed by atoms with Gasteiger partial charge in [0.05, 0.1) is 6.54 Å². The second-order valence-electron chi connectivity index (χ2n) is 4.55. The number of halogens is 1. The van der Waals surface area contributed by atoms with Crippen LogP contribution in [0.2, 0.25) is 5.02 Å². The molecule has 1 heterocycles. The zero-order chi connectivity index (χ0) is 14.5. The lowest BCUT2D eigenvalue weighted by molar-refractivity contribution is 0.292. The van der Waals surface area contributed by atoms with Gasteiger partial charge in [-0.25, -0.2) is 0 Å². The van der Waals surface area contributed by atoms with Crippen molar-refractivity contribution < 1.29 is 4.74 Å². The Kier molecular flexibility index (Phi) is 4.82. The molecule has 1 aromatic heterocycles. The van der Waals surface area contributed by atoms with Gasteiger partial charge in [-0.2, -0.15) is 0 Å². The minimum atomic E-state index is -0.164. The summed E-state index contributed by atoms with van der Waals surface area (Å²) in [6.07, 6.45) is 1.74. The molecule has 2 aromatic rings. The predicted octanol–water partition coefficient (Wildman–Crippen LogP) is 2.60. The molecule has 0 saturated heterocycles. The van der Waals surface area contributed by atoms with Gasteiger partial charge in [0.25, 0.3) is 5.56 Å². The highest BCUT2D eigenvalue weighted by atomic mass is 35.5. The average molecular weight is 293 g/mol. The lowest BCUT2D eigenvalue weighted by atomic mass is 10.1. The van der Waals surface area contributed by atoms with Gasteiger partial charge in [-0.1, -0.05) is 17.7 Å². The molecule has 0 amide bonds. The number of benzene rings is 1. The quantitative estimate of drug-likeness (QED) is 0.921. The minimum absolute atomic E-state index is 0.0420. The summed E-state index contributed by atoms with van der Waals surface area (Å²) in [5, 5.41) is 0.629. The Labute approximate surface area is 122 Å². The summed E-state index contributed by atoms with van der Waals surface area (Å²) in [7, 11) is 0. The second kappa shape index (κ2) is 6.59. The lowest BCUT2D eigenvalue weighted by Crippen LogP contribution is -2.21. The molecular weight excluding hydrogens is 276 g/mol. The third-order valence-electron chi connectivity index (χ3n) is 2.95. The average Bonchev–Trinajstić information content (AvgIpc) is 2.42. The highest BCUT2D eigenvalue weighted by Crippen LogP contribution is 2.27. The number of rotatable bonds is 5. The first-order valence-electron chi connectivity index (χ1n) is 6.41. The summed E-state index contributed by atoms with van der Waals surface area (Å²) in [4.78, 5) is 11.6. The van der Waals surface area contributed by atoms with E-state index >= 15 is 0 Å². The first-order chi connectivity index (χ1) is 9.58. The zero-order valence-corrected chi connectivity index (χ0v) is 12.0. The van der Waals surface area contributed by atoms with Gasteiger partial charge in [-0.3, -0.25) is 4.79 Å².